The molecule has 0 N–H and O–H groups in total. The maximum Gasteiger partial charge on any atom is 0.105 e. The normalized spacial score (nSPS) is 20.3. The highest BCUT2D eigenvalue weighted by atomic mass is 15.2. The van der Waals surface area contributed by atoms with E-state index in [4.69, 9.17) is 4.99 Å². The summed E-state index contributed by atoms with van der Waals surface area (Å²) in [4.78, 5) is 6.99. The Kier molecular flexibility index (Phi) is 3.38. The molecule has 1 aromatic rings. The minimum atomic E-state index is 1.07. The van der Waals surface area contributed by atoms with Crippen molar-refractivity contribution in [2.75, 3.05) is 13.6 Å². The number of aliphatic imine (C=N–C) groups is 1. The van der Waals surface area contributed by atoms with Crippen molar-refractivity contribution < 1.29 is 0 Å². The van der Waals surface area contributed by atoms with Gasteiger partial charge in [-0.1, -0.05) is 24.6 Å². The summed E-state index contributed by atoms with van der Waals surface area (Å²) in [6.45, 7) is 1.14. The fraction of sp³-hybridized carbons (Fsp3) is 0.462. The summed E-state index contributed by atoms with van der Waals surface area (Å²) in [6, 6.07) is 10.2. The molecule has 1 aliphatic heterocycles. The molecule has 0 spiro atoms. The molecular formula is C13H18N2. The second kappa shape index (κ2) is 4.96. The van der Waals surface area contributed by atoms with Gasteiger partial charge in [-0.3, -0.25) is 0 Å². The van der Waals surface area contributed by atoms with Crippen LogP contribution in [0.1, 0.15) is 25.7 Å². The number of nitrogens with zero attached hydrogens (tertiary/aromatic N) is 2. The Balaban J connectivity index is 2.17. The van der Waals surface area contributed by atoms with Crippen molar-refractivity contribution in [3.05, 3.63) is 30.3 Å². The molecule has 0 atom stereocenters. The van der Waals surface area contributed by atoms with Gasteiger partial charge in [0, 0.05) is 20.0 Å². The highest BCUT2D eigenvalue weighted by Gasteiger charge is 2.10. The van der Waals surface area contributed by atoms with Crippen LogP contribution in [0.25, 0.3) is 0 Å². The van der Waals surface area contributed by atoms with Crippen molar-refractivity contribution >= 4 is 11.5 Å². The number of amidine groups is 1. The minimum Gasteiger partial charge on any atom is -0.363 e. The highest BCUT2D eigenvalue weighted by Crippen LogP contribution is 2.16. The third kappa shape index (κ3) is 2.82. The van der Waals surface area contributed by atoms with Crippen LogP contribution in [-0.4, -0.2) is 24.3 Å². The fourth-order valence-corrected chi connectivity index (χ4v) is 1.92. The molecule has 0 unspecified atom stereocenters. The molecule has 0 saturated carbocycles. The Labute approximate surface area is 91.6 Å². The molecule has 15 heavy (non-hydrogen) atoms. The predicted octanol–water partition coefficient (Wildman–Crippen LogP) is 3.22. The SMILES string of the molecule is CN1CCCCCC1=Nc1ccccc1. The molecule has 0 aliphatic carbocycles. The van der Waals surface area contributed by atoms with Crippen molar-refractivity contribution in [1.29, 1.82) is 0 Å². The summed E-state index contributed by atoms with van der Waals surface area (Å²) in [5, 5.41) is 0. The molecule has 2 rings (SSSR count). The average Bonchev–Trinajstić information content (AvgIpc) is 2.46. The molecule has 0 amide bonds. The van der Waals surface area contributed by atoms with Crippen LogP contribution in [0, 0.1) is 0 Å². The third-order valence-corrected chi connectivity index (χ3v) is 2.85. The Bertz CT molecular complexity index is 330. The number of hydrogen-bond acceptors (Lipinski definition) is 1. The Morgan fingerprint density at radius 2 is 1.87 bits per heavy atom. The van der Waals surface area contributed by atoms with Crippen LogP contribution in [-0.2, 0) is 0 Å². The smallest absolute Gasteiger partial charge is 0.105 e. The van der Waals surface area contributed by atoms with Gasteiger partial charge < -0.3 is 4.90 Å². The summed E-state index contributed by atoms with van der Waals surface area (Å²) in [5.74, 6) is 1.23. The maximum absolute atomic E-state index is 4.70. The topological polar surface area (TPSA) is 15.6 Å². The molecule has 0 aromatic heterocycles. The zero-order valence-electron chi connectivity index (χ0n) is 9.32. The monoisotopic (exact) mass is 202 g/mol. The fourth-order valence-electron chi connectivity index (χ4n) is 1.92. The lowest BCUT2D eigenvalue weighted by Gasteiger charge is -2.17. The van der Waals surface area contributed by atoms with Crippen LogP contribution >= 0.6 is 0 Å². The molecule has 1 aliphatic rings. The lowest BCUT2D eigenvalue weighted by atomic mass is 10.2. The molecule has 1 saturated heterocycles. The molecule has 80 valence electrons. The van der Waals surface area contributed by atoms with Gasteiger partial charge in [0.1, 0.15) is 5.84 Å². The van der Waals surface area contributed by atoms with E-state index in [1.54, 1.807) is 0 Å². The number of rotatable bonds is 1. The van der Waals surface area contributed by atoms with Crippen LogP contribution < -0.4 is 0 Å². The number of benzene rings is 1. The van der Waals surface area contributed by atoms with Crippen LogP contribution in [0.5, 0.6) is 0 Å². The van der Waals surface area contributed by atoms with Crippen molar-refractivity contribution in [2.45, 2.75) is 25.7 Å². The van der Waals surface area contributed by atoms with E-state index in [1.807, 2.05) is 18.2 Å². The number of likely N-dealkylation sites (tertiary alicyclic amines) is 1. The Hall–Kier alpha value is -1.31. The molecule has 0 radical (unpaired) electrons. The van der Waals surface area contributed by atoms with E-state index in [1.165, 1.54) is 25.1 Å². The van der Waals surface area contributed by atoms with Crippen molar-refractivity contribution in [2.24, 2.45) is 4.99 Å². The number of para-hydroxylation sites is 1. The van der Waals surface area contributed by atoms with E-state index >= 15 is 0 Å². The van der Waals surface area contributed by atoms with Gasteiger partial charge in [-0.25, -0.2) is 4.99 Å². The van der Waals surface area contributed by atoms with Gasteiger partial charge in [-0.15, -0.1) is 0 Å². The first-order valence-corrected chi connectivity index (χ1v) is 5.70. The minimum absolute atomic E-state index is 1.07. The quantitative estimate of drug-likeness (QED) is 0.682. The molecule has 1 aromatic carbocycles. The zero-order chi connectivity index (χ0) is 10.5. The van der Waals surface area contributed by atoms with Gasteiger partial charge in [0.2, 0.25) is 0 Å². The molecule has 2 heteroatoms. The first-order chi connectivity index (χ1) is 7.36. The molecular weight excluding hydrogens is 184 g/mol. The second-order valence-corrected chi connectivity index (χ2v) is 4.10. The predicted molar refractivity (Wildman–Crippen MR) is 64.6 cm³/mol. The summed E-state index contributed by atoms with van der Waals surface area (Å²) in [6.07, 6.45) is 5.02. The highest BCUT2D eigenvalue weighted by molar-refractivity contribution is 5.84. The molecule has 0 bridgehead atoms. The lowest BCUT2D eigenvalue weighted by Crippen LogP contribution is -2.25. The second-order valence-electron chi connectivity index (χ2n) is 4.10. The van der Waals surface area contributed by atoms with Gasteiger partial charge in [-0.2, -0.15) is 0 Å². The zero-order valence-corrected chi connectivity index (χ0v) is 9.32. The van der Waals surface area contributed by atoms with Gasteiger partial charge in [0.15, 0.2) is 0 Å². The largest absolute Gasteiger partial charge is 0.363 e. The maximum atomic E-state index is 4.70. The Morgan fingerprint density at radius 1 is 1.07 bits per heavy atom. The van der Waals surface area contributed by atoms with Crippen molar-refractivity contribution in [1.82, 2.24) is 4.90 Å². The molecule has 1 fully saturated rings. The van der Waals surface area contributed by atoms with E-state index < -0.39 is 0 Å². The first kappa shape index (κ1) is 10.2. The summed E-state index contributed by atoms with van der Waals surface area (Å²) in [7, 11) is 2.15. The van der Waals surface area contributed by atoms with Gasteiger partial charge >= 0.3 is 0 Å². The standard InChI is InChI=1S/C13H18N2/c1-15-11-7-3-6-10-13(15)14-12-8-4-2-5-9-12/h2,4-5,8-9H,3,6-7,10-11H2,1H3. The van der Waals surface area contributed by atoms with Gasteiger partial charge in [0.05, 0.1) is 5.69 Å². The van der Waals surface area contributed by atoms with E-state index in [0.717, 1.165) is 18.7 Å². The van der Waals surface area contributed by atoms with E-state index in [2.05, 4.69) is 24.1 Å². The molecule has 2 nitrogen and oxygen atoms in total. The van der Waals surface area contributed by atoms with E-state index in [-0.39, 0.29) is 0 Å². The van der Waals surface area contributed by atoms with Crippen molar-refractivity contribution in [3.63, 3.8) is 0 Å². The third-order valence-electron chi connectivity index (χ3n) is 2.85. The average molecular weight is 202 g/mol. The van der Waals surface area contributed by atoms with Crippen molar-refractivity contribution in [3.8, 4) is 0 Å². The Morgan fingerprint density at radius 3 is 2.67 bits per heavy atom. The van der Waals surface area contributed by atoms with Crippen LogP contribution in [0.3, 0.4) is 0 Å². The van der Waals surface area contributed by atoms with Crippen LogP contribution in [0.15, 0.2) is 35.3 Å². The summed E-state index contributed by atoms with van der Waals surface area (Å²) < 4.78 is 0. The summed E-state index contributed by atoms with van der Waals surface area (Å²) >= 11 is 0. The lowest BCUT2D eigenvalue weighted by molar-refractivity contribution is 0.494. The van der Waals surface area contributed by atoms with Crippen LogP contribution in [0.2, 0.25) is 0 Å². The van der Waals surface area contributed by atoms with Crippen LogP contribution in [0.4, 0.5) is 5.69 Å². The number of hydrogen-bond donors (Lipinski definition) is 0. The first-order valence-electron chi connectivity index (χ1n) is 5.70. The molecule has 1 heterocycles. The van der Waals surface area contributed by atoms with Gasteiger partial charge in [0.25, 0.3) is 0 Å². The summed E-state index contributed by atoms with van der Waals surface area (Å²) in [5.41, 5.74) is 1.07. The van der Waals surface area contributed by atoms with Gasteiger partial charge in [-0.05, 0) is 25.0 Å². The van der Waals surface area contributed by atoms with E-state index in [9.17, 15) is 0 Å². The van der Waals surface area contributed by atoms with E-state index in [0.29, 0.717) is 0 Å².